The highest BCUT2D eigenvalue weighted by atomic mass is 16.5. The van der Waals surface area contributed by atoms with E-state index in [0.717, 1.165) is 54.9 Å². The molecule has 0 aliphatic carbocycles. The SMILES string of the molecule is CCOc1cc(C(N)=O)cc2c1CN(Cc1cccc(O)c1)CCC2. The molecule has 25 heavy (non-hydrogen) atoms. The van der Waals surface area contributed by atoms with Crippen LogP contribution in [0.3, 0.4) is 0 Å². The van der Waals surface area contributed by atoms with Crippen LogP contribution in [0.15, 0.2) is 36.4 Å². The maximum Gasteiger partial charge on any atom is 0.248 e. The van der Waals surface area contributed by atoms with Gasteiger partial charge in [0.25, 0.3) is 0 Å². The predicted octanol–water partition coefficient (Wildman–Crippen LogP) is 2.84. The first-order chi connectivity index (χ1) is 12.1. The number of hydrogen-bond acceptors (Lipinski definition) is 4. The number of nitrogens with zero attached hydrogens (tertiary/aromatic N) is 1. The second-order valence-corrected chi connectivity index (χ2v) is 6.39. The summed E-state index contributed by atoms with van der Waals surface area (Å²) < 4.78 is 5.79. The predicted molar refractivity (Wildman–Crippen MR) is 96.7 cm³/mol. The van der Waals surface area contributed by atoms with Crippen molar-refractivity contribution in [2.24, 2.45) is 5.73 Å². The van der Waals surface area contributed by atoms with E-state index in [1.54, 1.807) is 18.2 Å². The molecule has 0 saturated heterocycles. The third kappa shape index (κ3) is 4.12. The highest BCUT2D eigenvalue weighted by molar-refractivity contribution is 5.93. The number of phenols is 1. The molecule has 0 spiro atoms. The standard InChI is InChI=1S/C20H24N2O3/c1-2-25-19-11-16(20(21)24)10-15-6-4-8-22(13-18(15)19)12-14-5-3-7-17(23)9-14/h3,5,7,9-11,23H,2,4,6,8,12-13H2,1H3,(H2,21,24). The Kier molecular flexibility index (Phi) is 5.24. The molecule has 0 fully saturated rings. The van der Waals surface area contributed by atoms with Gasteiger partial charge in [-0.1, -0.05) is 12.1 Å². The maximum absolute atomic E-state index is 11.6. The van der Waals surface area contributed by atoms with Crippen molar-refractivity contribution in [1.82, 2.24) is 4.90 Å². The van der Waals surface area contributed by atoms with Gasteiger partial charge in [0.1, 0.15) is 11.5 Å². The Hall–Kier alpha value is -2.53. The van der Waals surface area contributed by atoms with Gasteiger partial charge in [-0.25, -0.2) is 0 Å². The molecular weight excluding hydrogens is 316 g/mol. The normalized spacial score (nSPS) is 14.6. The molecule has 0 aromatic heterocycles. The molecule has 3 N–H and O–H groups in total. The van der Waals surface area contributed by atoms with Crippen molar-refractivity contribution in [2.75, 3.05) is 13.2 Å². The number of amides is 1. The fourth-order valence-corrected chi connectivity index (χ4v) is 3.38. The summed E-state index contributed by atoms with van der Waals surface area (Å²) in [6.45, 7) is 4.93. The fourth-order valence-electron chi connectivity index (χ4n) is 3.38. The molecule has 0 atom stereocenters. The number of aromatic hydroxyl groups is 1. The second-order valence-electron chi connectivity index (χ2n) is 6.39. The molecule has 5 nitrogen and oxygen atoms in total. The Labute approximate surface area is 148 Å². The summed E-state index contributed by atoms with van der Waals surface area (Å²) in [5, 5.41) is 9.67. The van der Waals surface area contributed by atoms with Crippen LogP contribution < -0.4 is 10.5 Å². The first kappa shape index (κ1) is 17.3. The number of phenolic OH excluding ortho intramolecular Hbond substituents is 1. The van der Waals surface area contributed by atoms with Gasteiger partial charge in [-0.3, -0.25) is 9.69 Å². The number of carbonyl (C=O) groups excluding carboxylic acids is 1. The third-order valence-electron chi connectivity index (χ3n) is 4.50. The zero-order chi connectivity index (χ0) is 17.8. The largest absolute Gasteiger partial charge is 0.508 e. The Morgan fingerprint density at radius 3 is 2.88 bits per heavy atom. The first-order valence-electron chi connectivity index (χ1n) is 8.65. The van der Waals surface area contributed by atoms with E-state index >= 15 is 0 Å². The molecule has 0 unspecified atom stereocenters. The zero-order valence-corrected chi connectivity index (χ0v) is 14.5. The maximum atomic E-state index is 11.6. The van der Waals surface area contributed by atoms with Crippen molar-refractivity contribution < 1.29 is 14.6 Å². The van der Waals surface area contributed by atoms with Gasteiger partial charge in [0, 0.05) is 24.2 Å². The van der Waals surface area contributed by atoms with Gasteiger partial charge in [-0.05, 0) is 61.7 Å². The van der Waals surface area contributed by atoms with Crippen molar-refractivity contribution >= 4 is 5.91 Å². The molecule has 1 amide bonds. The van der Waals surface area contributed by atoms with E-state index in [0.29, 0.717) is 12.2 Å². The fraction of sp³-hybridized carbons (Fsp3) is 0.350. The summed E-state index contributed by atoms with van der Waals surface area (Å²) >= 11 is 0. The van der Waals surface area contributed by atoms with Gasteiger partial charge in [-0.15, -0.1) is 0 Å². The molecule has 0 bridgehead atoms. The molecule has 2 aromatic carbocycles. The molecule has 132 valence electrons. The van der Waals surface area contributed by atoms with Crippen molar-refractivity contribution in [1.29, 1.82) is 0 Å². The summed E-state index contributed by atoms with van der Waals surface area (Å²) in [5.41, 5.74) is 9.31. The van der Waals surface area contributed by atoms with E-state index in [1.807, 2.05) is 25.1 Å². The molecular formula is C20H24N2O3. The summed E-state index contributed by atoms with van der Waals surface area (Å²) in [6, 6.07) is 11.0. The van der Waals surface area contributed by atoms with Gasteiger partial charge in [0.15, 0.2) is 0 Å². The van der Waals surface area contributed by atoms with Crippen LogP contribution in [0, 0.1) is 0 Å². The van der Waals surface area contributed by atoms with Crippen LogP contribution in [0.2, 0.25) is 0 Å². The van der Waals surface area contributed by atoms with Crippen LogP contribution in [0.5, 0.6) is 11.5 Å². The van der Waals surface area contributed by atoms with Crippen LogP contribution in [0.25, 0.3) is 0 Å². The lowest BCUT2D eigenvalue weighted by Gasteiger charge is -2.22. The van der Waals surface area contributed by atoms with Crippen LogP contribution in [0.4, 0.5) is 0 Å². The van der Waals surface area contributed by atoms with E-state index in [-0.39, 0.29) is 5.75 Å². The minimum absolute atomic E-state index is 0.286. The van der Waals surface area contributed by atoms with Crippen molar-refractivity contribution in [3.63, 3.8) is 0 Å². The zero-order valence-electron chi connectivity index (χ0n) is 14.5. The van der Waals surface area contributed by atoms with E-state index < -0.39 is 5.91 Å². The van der Waals surface area contributed by atoms with Crippen LogP contribution in [-0.4, -0.2) is 29.1 Å². The van der Waals surface area contributed by atoms with Crippen LogP contribution in [-0.2, 0) is 19.5 Å². The molecule has 2 aromatic rings. The topological polar surface area (TPSA) is 75.8 Å². The summed E-state index contributed by atoms with van der Waals surface area (Å²) in [4.78, 5) is 13.9. The monoisotopic (exact) mass is 340 g/mol. The highest BCUT2D eigenvalue weighted by Gasteiger charge is 2.20. The van der Waals surface area contributed by atoms with E-state index in [9.17, 15) is 9.90 Å². The highest BCUT2D eigenvalue weighted by Crippen LogP contribution is 2.30. The van der Waals surface area contributed by atoms with Crippen LogP contribution >= 0.6 is 0 Å². The number of ether oxygens (including phenoxy) is 1. The summed E-state index contributed by atoms with van der Waals surface area (Å²) in [5.74, 6) is 0.607. The molecule has 1 heterocycles. The van der Waals surface area contributed by atoms with E-state index in [4.69, 9.17) is 10.5 Å². The van der Waals surface area contributed by atoms with Gasteiger partial charge < -0.3 is 15.6 Å². The van der Waals surface area contributed by atoms with Gasteiger partial charge >= 0.3 is 0 Å². The average molecular weight is 340 g/mol. The summed E-state index contributed by atoms with van der Waals surface area (Å²) in [6.07, 6.45) is 1.90. The molecule has 1 aliphatic heterocycles. The second kappa shape index (κ2) is 7.57. The Bertz CT molecular complexity index is 774. The number of primary amides is 1. The van der Waals surface area contributed by atoms with Crippen molar-refractivity contribution in [3.05, 3.63) is 58.7 Å². The summed E-state index contributed by atoms with van der Waals surface area (Å²) in [7, 11) is 0. The first-order valence-corrected chi connectivity index (χ1v) is 8.65. The Balaban J connectivity index is 1.89. The van der Waals surface area contributed by atoms with Gasteiger partial charge in [0.2, 0.25) is 5.91 Å². The molecule has 0 saturated carbocycles. The number of rotatable bonds is 5. The number of aryl methyl sites for hydroxylation is 1. The smallest absolute Gasteiger partial charge is 0.248 e. The lowest BCUT2D eigenvalue weighted by molar-refractivity contribution is 0.0999. The Morgan fingerprint density at radius 1 is 1.32 bits per heavy atom. The number of fused-ring (bicyclic) bond motifs is 1. The lowest BCUT2D eigenvalue weighted by atomic mass is 9.99. The van der Waals surface area contributed by atoms with Crippen LogP contribution in [0.1, 0.15) is 40.4 Å². The number of benzene rings is 2. The lowest BCUT2D eigenvalue weighted by Crippen LogP contribution is -2.23. The minimum atomic E-state index is -0.426. The number of carbonyl (C=O) groups is 1. The average Bonchev–Trinajstić information content (AvgIpc) is 2.77. The van der Waals surface area contributed by atoms with Gasteiger partial charge in [-0.2, -0.15) is 0 Å². The number of hydrogen-bond donors (Lipinski definition) is 2. The molecule has 1 aliphatic rings. The number of nitrogens with two attached hydrogens (primary N) is 1. The Morgan fingerprint density at radius 2 is 2.16 bits per heavy atom. The van der Waals surface area contributed by atoms with E-state index in [1.165, 1.54) is 0 Å². The van der Waals surface area contributed by atoms with Gasteiger partial charge in [0.05, 0.1) is 6.61 Å². The molecule has 5 heteroatoms. The quantitative estimate of drug-likeness (QED) is 0.877. The molecule has 0 radical (unpaired) electrons. The molecule has 3 rings (SSSR count). The minimum Gasteiger partial charge on any atom is -0.508 e. The van der Waals surface area contributed by atoms with Crippen molar-refractivity contribution in [2.45, 2.75) is 32.9 Å². The van der Waals surface area contributed by atoms with Crippen molar-refractivity contribution in [3.8, 4) is 11.5 Å². The van der Waals surface area contributed by atoms with E-state index in [2.05, 4.69) is 4.90 Å². The third-order valence-corrected chi connectivity index (χ3v) is 4.50.